The van der Waals surface area contributed by atoms with Crippen LogP contribution in [-0.2, 0) is 9.63 Å². The number of carbonyl (C=O) groups is 1. The third-order valence-electron chi connectivity index (χ3n) is 1.50. The highest BCUT2D eigenvalue weighted by atomic mass is 16.7. The normalized spacial score (nSPS) is 13.1. The van der Waals surface area contributed by atoms with Gasteiger partial charge in [-0.3, -0.25) is 4.79 Å². The van der Waals surface area contributed by atoms with Crippen LogP contribution in [0, 0.1) is 0 Å². The number of hydroxylamine groups is 2. The average molecular weight is 221 g/mol. The van der Waals surface area contributed by atoms with Crippen LogP contribution < -0.4 is 0 Å². The maximum absolute atomic E-state index is 11.1. The largest absolute Gasteiger partial charge is 0.396 e. The first-order valence-electron chi connectivity index (χ1n) is 4.66. The second-order valence-corrected chi connectivity index (χ2v) is 4.22. The zero-order valence-corrected chi connectivity index (χ0v) is 9.52. The van der Waals surface area contributed by atoms with Crippen LogP contribution in [0.5, 0.6) is 0 Å². The Morgan fingerprint density at radius 2 is 1.60 bits per heavy atom. The Morgan fingerprint density at radius 1 is 1.20 bits per heavy atom. The third-order valence-corrected chi connectivity index (χ3v) is 1.50. The monoisotopic (exact) mass is 221 g/mol. The molecular weight excluding hydrogens is 202 g/mol. The zero-order chi connectivity index (χ0) is 12.3. The Morgan fingerprint density at radius 3 is 1.87 bits per heavy atom. The lowest BCUT2D eigenvalue weighted by atomic mass is 10.2. The molecule has 0 aliphatic heterocycles. The van der Waals surface area contributed by atoms with E-state index >= 15 is 0 Å². The van der Waals surface area contributed by atoms with Crippen LogP contribution in [0.1, 0.15) is 34.1 Å². The predicted octanol–water partition coefficient (Wildman–Crippen LogP) is -0.414. The summed E-state index contributed by atoms with van der Waals surface area (Å²) in [7, 11) is 0. The van der Waals surface area contributed by atoms with Gasteiger partial charge in [0.15, 0.2) is 0 Å². The van der Waals surface area contributed by atoms with Gasteiger partial charge in [-0.1, -0.05) is 5.06 Å². The molecule has 6 heteroatoms. The highest BCUT2D eigenvalue weighted by Gasteiger charge is 2.38. The fourth-order valence-electron chi connectivity index (χ4n) is 1.13. The van der Waals surface area contributed by atoms with Crippen molar-refractivity contribution in [1.82, 2.24) is 5.06 Å². The summed E-state index contributed by atoms with van der Waals surface area (Å²) < 4.78 is 0. The molecule has 0 radical (unpaired) electrons. The summed E-state index contributed by atoms with van der Waals surface area (Å²) in [6.07, 6.45) is -0.192. The lowest BCUT2D eigenvalue weighted by Gasteiger charge is -2.39. The first-order valence-corrected chi connectivity index (χ1v) is 4.66. The maximum Gasteiger partial charge on any atom is 0.327 e. The van der Waals surface area contributed by atoms with Crippen molar-refractivity contribution in [1.29, 1.82) is 0 Å². The molecule has 0 saturated heterocycles. The Kier molecular flexibility index (Phi) is 4.66. The molecule has 0 aromatic heterocycles. The fourth-order valence-corrected chi connectivity index (χ4v) is 1.13. The van der Waals surface area contributed by atoms with Gasteiger partial charge in [0.2, 0.25) is 0 Å². The van der Waals surface area contributed by atoms with E-state index in [-0.39, 0.29) is 13.0 Å². The minimum Gasteiger partial charge on any atom is -0.396 e. The average Bonchev–Trinajstić information content (AvgIpc) is 1.96. The number of rotatable bonds is 5. The van der Waals surface area contributed by atoms with Gasteiger partial charge in [0.1, 0.15) is 11.4 Å². The standard InChI is InChI=1S/C9H19NO5/c1-8(2,13)10(9(3,4)14)15-7(12)5-6-11/h11,13-14H,5-6H2,1-4H3. The van der Waals surface area contributed by atoms with E-state index in [4.69, 9.17) is 9.94 Å². The lowest BCUT2D eigenvalue weighted by Crippen LogP contribution is -2.56. The van der Waals surface area contributed by atoms with E-state index in [9.17, 15) is 15.0 Å². The van der Waals surface area contributed by atoms with Crippen LogP contribution >= 0.6 is 0 Å². The van der Waals surface area contributed by atoms with Crippen LogP contribution in [-0.4, -0.2) is 44.4 Å². The van der Waals surface area contributed by atoms with Crippen LogP contribution in [0.4, 0.5) is 0 Å². The highest BCUT2D eigenvalue weighted by Crippen LogP contribution is 2.21. The molecule has 0 atom stereocenters. The van der Waals surface area contributed by atoms with Gasteiger partial charge in [-0.2, -0.15) is 0 Å². The number of nitrogens with zero attached hydrogens (tertiary/aromatic N) is 1. The van der Waals surface area contributed by atoms with E-state index in [0.29, 0.717) is 0 Å². The van der Waals surface area contributed by atoms with Gasteiger partial charge in [-0.25, -0.2) is 0 Å². The molecule has 90 valence electrons. The second-order valence-electron chi connectivity index (χ2n) is 4.22. The summed E-state index contributed by atoms with van der Waals surface area (Å²) in [6.45, 7) is 5.15. The predicted molar refractivity (Wildman–Crippen MR) is 52.2 cm³/mol. The quantitative estimate of drug-likeness (QED) is 0.432. The van der Waals surface area contributed by atoms with Crippen molar-refractivity contribution in [2.24, 2.45) is 0 Å². The van der Waals surface area contributed by atoms with Crippen LogP contribution in [0.2, 0.25) is 0 Å². The molecule has 0 rings (SSSR count). The summed E-state index contributed by atoms with van der Waals surface area (Å²) in [4.78, 5) is 15.9. The molecule has 0 aromatic carbocycles. The van der Waals surface area contributed by atoms with E-state index < -0.39 is 17.4 Å². The van der Waals surface area contributed by atoms with Gasteiger partial charge in [0.05, 0.1) is 13.0 Å². The molecule has 0 amide bonds. The molecule has 15 heavy (non-hydrogen) atoms. The molecule has 0 fully saturated rings. The third kappa shape index (κ3) is 5.08. The minimum atomic E-state index is -1.51. The Labute approximate surface area is 89.0 Å². The molecule has 0 bridgehead atoms. The van der Waals surface area contributed by atoms with Gasteiger partial charge < -0.3 is 20.2 Å². The summed E-state index contributed by atoms with van der Waals surface area (Å²) >= 11 is 0. The molecule has 0 aliphatic carbocycles. The number of hydrogen-bond donors (Lipinski definition) is 3. The zero-order valence-electron chi connectivity index (χ0n) is 9.52. The van der Waals surface area contributed by atoms with E-state index in [1.807, 2.05) is 0 Å². The van der Waals surface area contributed by atoms with Gasteiger partial charge in [-0.15, -0.1) is 0 Å². The molecule has 0 spiro atoms. The molecule has 6 nitrogen and oxygen atoms in total. The van der Waals surface area contributed by atoms with Crippen molar-refractivity contribution in [2.45, 2.75) is 45.6 Å². The van der Waals surface area contributed by atoms with Crippen molar-refractivity contribution < 1.29 is 25.0 Å². The van der Waals surface area contributed by atoms with Crippen molar-refractivity contribution in [3.05, 3.63) is 0 Å². The SMILES string of the molecule is CC(C)(O)N(OC(=O)CCO)C(C)(C)O. The summed E-state index contributed by atoms with van der Waals surface area (Å²) in [5.74, 6) is -0.721. The topological polar surface area (TPSA) is 90.2 Å². The van der Waals surface area contributed by atoms with Gasteiger partial charge in [0, 0.05) is 0 Å². The van der Waals surface area contributed by atoms with E-state index in [0.717, 1.165) is 5.06 Å². The summed E-state index contributed by atoms with van der Waals surface area (Å²) in [5.41, 5.74) is -3.02. The molecule has 0 aromatic rings. The molecule has 0 saturated carbocycles. The van der Waals surface area contributed by atoms with E-state index in [2.05, 4.69) is 0 Å². The Bertz CT molecular complexity index is 202. The van der Waals surface area contributed by atoms with Crippen molar-refractivity contribution >= 4 is 5.97 Å². The second kappa shape index (κ2) is 4.89. The molecule has 0 aliphatic rings. The van der Waals surface area contributed by atoms with Gasteiger partial charge >= 0.3 is 5.97 Å². The molecule has 3 N–H and O–H groups in total. The molecular formula is C9H19NO5. The number of aliphatic hydroxyl groups excluding tert-OH is 1. The fraction of sp³-hybridized carbons (Fsp3) is 0.889. The van der Waals surface area contributed by atoms with Crippen molar-refractivity contribution in [3.63, 3.8) is 0 Å². The lowest BCUT2D eigenvalue weighted by molar-refractivity contribution is -0.346. The van der Waals surface area contributed by atoms with Crippen LogP contribution in [0.25, 0.3) is 0 Å². The highest BCUT2D eigenvalue weighted by molar-refractivity contribution is 5.69. The molecule has 0 unspecified atom stereocenters. The number of carbonyl (C=O) groups excluding carboxylic acids is 1. The Balaban J connectivity index is 4.62. The summed E-state index contributed by atoms with van der Waals surface area (Å²) in [6, 6.07) is 0. The van der Waals surface area contributed by atoms with E-state index in [1.165, 1.54) is 27.7 Å². The summed E-state index contributed by atoms with van der Waals surface area (Å²) in [5, 5.41) is 28.6. The first kappa shape index (κ1) is 14.3. The van der Waals surface area contributed by atoms with Crippen LogP contribution in [0.15, 0.2) is 0 Å². The van der Waals surface area contributed by atoms with Crippen LogP contribution in [0.3, 0.4) is 0 Å². The van der Waals surface area contributed by atoms with E-state index in [1.54, 1.807) is 0 Å². The maximum atomic E-state index is 11.1. The smallest absolute Gasteiger partial charge is 0.327 e. The van der Waals surface area contributed by atoms with Crippen molar-refractivity contribution in [3.8, 4) is 0 Å². The number of aliphatic hydroxyl groups is 3. The Hall–Kier alpha value is -0.690. The van der Waals surface area contributed by atoms with Gasteiger partial charge in [0.25, 0.3) is 0 Å². The van der Waals surface area contributed by atoms with Gasteiger partial charge in [-0.05, 0) is 27.7 Å². The first-order chi connectivity index (χ1) is 6.59. The van der Waals surface area contributed by atoms with Crippen molar-refractivity contribution in [2.75, 3.05) is 6.61 Å². The minimum absolute atomic E-state index is 0.192. The number of hydrogen-bond acceptors (Lipinski definition) is 6. The molecule has 0 heterocycles.